The maximum Gasteiger partial charge on any atom is 0.314 e. The number of carbonyl (C=O) groups excluding carboxylic acids is 1. The summed E-state index contributed by atoms with van der Waals surface area (Å²) in [6.45, 7) is 8.39. The summed E-state index contributed by atoms with van der Waals surface area (Å²) in [5.74, 6) is 1.77. The van der Waals surface area contributed by atoms with Gasteiger partial charge in [-0.3, -0.25) is 4.79 Å². The zero-order valence-corrected chi connectivity index (χ0v) is 14.9. The lowest BCUT2D eigenvalue weighted by molar-refractivity contribution is -0.166. The molecule has 4 heteroatoms. The number of hydrogen-bond acceptors (Lipinski definition) is 4. The van der Waals surface area contributed by atoms with Crippen LogP contribution in [-0.2, 0) is 9.53 Å². The van der Waals surface area contributed by atoms with Gasteiger partial charge in [-0.05, 0) is 55.3 Å². The number of ether oxygens (including phenoxy) is 1. The SMILES string of the molecule is CC(C)CC(CO)(C(=O)OCC1CC2CC1CC2C#N)C(C)C. The minimum Gasteiger partial charge on any atom is -0.465 e. The van der Waals surface area contributed by atoms with Gasteiger partial charge in [0.05, 0.1) is 24.7 Å². The highest BCUT2D eigenvalue weighted by Crippen LogP contribution is 2.51. The molecule has 4 nitrogen and oxygen atoms in total. The first-order valence-corrected chi connectivity index (χ1v) is 9.01. The number of nitriles is 1. The lowest BCUT2D eigenvalue weighted by Crippen LogP contribution is -2.43. The maximum absolute atomic E-state index is 12.7. The van der Waals surface area contributed by atoms with Crippen molar-refractivity contribution in [2.45, 2.75) is 53.4 Å². The predicted molar refractivity (Wildman–Crippen MR) is 88.2 cm³/mol. The second-order valence-electron chi connectivity index (χ2n) is 8.39. The summed E-state index contributed by atoms with van der Waals surface area (Å²) >= 11 is 0. The second kappa shape index (κ2) is 7.21. The van der Waals surface area contributed by atoms with Crippen molar-refractivity contribution in [3.05, 3.63) is 0 Å². The first-order chi connectivity index (χ1) is 10.8. The van der Waals surface area contributed by atoms with E-state index < -0.39 is 5.41 Å². The molecule has 0 aliphatic heterocycles. The van der Waals surface area contributed by atoms with Crippen LogP contribution in [0.2, 0.25) is 0 Å². The van der Waals surface area contributed by atoms with Crippen LogP contribution in [-0.4, -0.2) is 24.3 Å². The summed E-state index contributed by atoms with van der Waals surface area (Å²) in [6.07, 6.45) is 3.73. The topological polar surface area (TPSA) is 70.3 Å². The van der Waals surface area contributed by atoms with Crippen molar-refractivity contribution >= 4 is 5.97 Å². The van der Waals surface area contributed by atoms with E-state index in [2.05, 4.69) is 19.9 Å². The van der Waals surface area contributed by atoms with Gasteiger partial charge >= 0.3 is 5.97 Å². The first-order valence-electron chi connectivity index (χ1n) is 9.01. The minimum atomic E-state index is -0.791. The Kier molecular flexibility index (Phi) is 5.73. The lowest BCUT2D eigenvalue weighted by atomic mass is 9.72. The zero-order chi connectivity index (χ0) is 17.2. The first kappa shape index (κ1) is 18.3. The summed E-state index contributed by atoms with van der Waals surface area (Å²) in [5, 5.41) is 19.0. The molecule has 2 aliphatic carbocycles. The molecular formula is C19H31NO3. The van der Waals surface area contributed by atoms with Crippen LogP contribution >= 0.6 is 0 Å². The Hall–Kier alpha value is -1.08. The standard InChI is InChI=1S/C19H31NO3/c1-12(2)8-19(11-21,13(3)4)18(22)23-10-17-7-14-5-15(17)6-16(14)9-20/h12-17,21H,5-8,10-11H2,1-4H3. The Labute approximate surface area is 140 Å². The highest BCUT2D eigenvalue weighted by atomic mass is 16.5. The Bertz CT molecular complexity index is 468. The Balaban J connectivity index is 1.94. The quantitative estimate of drug-likeness (QED) is 0.730. The van der Waals surface area contributed by atoms with E-state index >= 15 is 0 Å². The summed E-state index contributed by atoms with van der Waals surface area (Å²) in [5.41, 5.74) is -0.791. The largest absolute Gasteiger partial charge is 0.465 e. The van der Waals surface area contributed by atoms with Gasteiger partial charge < -0.3 is 9.84 Å². The van der Waals surface area contributed by atoms with Crippen molar-refractivity contribution in [3.63, 3.8) is 0 Å². The van der Waals surface area contributed by atoms with Gasteiger partial charge in [0.15, 0.2) is 0 Å². The molecule has 0 aromatic heterocycles. The van der Waals surface area contributed by atoms with E-state index in [0.717, 1.165) is 19.3 Å². The number of carbonyl (C=O) groups is 1. The number of hydrogen-bond donors (Lipinski definition) is 1. The molecule has 2 saturated carbocycles. The van der Waals surface area contributed by atoms with Gasteiger partial charge in [0.1, 0.15) is 0 Å². The van der Waals surface area contributed by atoms with Crippen LogP contribution in [0.15, 0.2) is 0 Å². The summed E-state index contributed by atoms with van der Waals surface area (Å²) in [7, 11) is 0. The molecular weight excluding hydrogens is 290 g/mol. The number of aliphatic hydroxyl groups is 1. The number of esters is 1. The van der Waals surface area contributed by atoms with Gasteiger partial charge in [0.25, 0.3) is 0 Å². The molecule has 2 aliphatic rings. The van der Waals surface area contributed by atoms with Gasteiger partial charge in [-0.1, -0.05) is 27.7 Å². The summed E-state index contributed by atoms with van der Waals surface area (Å²) in [4.78, 5) is 12.7. The van der Waals surface area contributed by atoms with Crippen LogP contribution in [0.4, 0.5) is 0 Å². The van der Waals surface area contributed by atoms with Crippen molar-refractivity contribution in [2.24, 2.45) is 40.9 Å². The summed E-state index contributed by atoms with van der Waals surface area (Å²) in [6, 6.07) is 2.41. The average molecular weight is 321 g/mol. The highest BCUT2D eigenvalue weighted by Gasteiger charge is 2.48. The number of rotatable bonds is 7. The molecule has 0 aromatic carbocycles. The molecule has 2 bridgehead atoms. The van der Waals surface area contributed by atoms with Crippen LogP contribution in [0.25, 0.3) is 0 Å². The molecule has 0 spiro atoms. The molecule has 0 amide bonds. The van der Waals surface area contributed by atoms with E-state index in [1.54, 1.807) is 0 Å². The normalized spacial score (nSPS) is 32.1. The van der Waals surface area contributed by atoms with Crippen LogP contribution in [0.5, 0.6) is 0 Å². The maximum atomic E-state index is 12.7. The molecule has 1 N–H and O–H groups in total. The highest BCUT2D eigenvalue weighted by molar-refractivity contribution is 5.77. The molecule has 23 heavy (non-hydrogen) atoms. The summed E-state index contributed by atoms with van der Waals surface area (Å²) < 4.78 is 5.68. The van der Waals surface area contributed by atoms with Crippen molar-refractivity contribution in [3.8, 4) is 6.07 Å². The Morgan fingerprint density at radius 1 is 1.26 bits per heavy atom. The third-order valence-electron chi connectivity index (χ3n) is 6.16. The fourth-order valence-electron chi connectivity index (χ4n) is 4.68. The lowest BCUT2D eigenvalue weighted by Gasteiger charge is -2.35. The molecule has 2 fully saturated rings. The van der Waals surface area contributed by atoms with E-state index in [1.165, 1.54) is 0 Å². The zero-order valence-electron chi connectivity index (χ0n) is 14.9. The molecule has 130 valence electrons. The van der Waals surface area contributed by atoms with Crippen molar-refractivity contribution in [2.75, 3.05) is 13.2 Å². The Morgan fingerprint density at radius 3 is 2.39 bits per heavy atom. The molecule has 0 radical (unpaired) electrons. The van der Waals surface area contributed by atoms with E-state index in [0.29, 0.717) is 36.7 Å². The van der Waals surface area contributed by atoms with Crippen LogP contribution in [0.3, 0.4) is 0 Å². The number of aliphatic hydroxyl groups excluding tert-OH is 1. The monoisotopic (exact) mass is 321 g/mol. The van der Waals surface area contributed by atoms with Crippen LogP contribution in [0.1, 0.15) is 53.4 Å². The van der Waals surface area contributed by atoms with Crippen molar-refractivity contribution < 1.29 is 14.6 Å². The van der Waals surface area contributed by atoms with Crippen molar-refractivity contribution in [1.29, 1.82) is 5.26 Å². The molecule has 2 rings (SSSR count). The second-order valence-corrected chi connectivity index (χ2v) is 8.39. The molecule has 0 saturated heterocycles. The van der Waals surface area contributed by atoms with Gasteiger partial charge in [-0.25, -0.2) is 0 Å². The van der Waals surface area contributed by atoms with E-state index in [4.69, 9.17) is 10.00 Å². The van der Waals surface area contributed by atoms with E-state index in [-0.39, 0.29) is 24.4 Å². The van der Waals surface area contributed by atoms with Gasteiger partial charge in [0.2, 0.25) is 0 Å². The Morgan fingerprint density at radius 2 is 1.96 bits per heavy atom. The van der Waals surface area contributed by atoms with Crippen LogP contribution < -0.4 is 0 Å². The average Bonchev–Trinajstić information content (AvgIpc) is 3.09. The molecule has 0 heterocycles. The fourth-order valence-corrected chi connectivity index (χ4v) is 4.68. The number of nitrogens with zero attached hydrogens (tertiary/aromatic N) is 1. The van der Waals surface area contributed by atoms with Gasteiger partial charge in [-0.2, -0.15) is 5.26 Å². The van der Waals surface area contributed by atoms with Crippen molar-refractivity contribution in [1.82, 2.24) is 0 Å². The van der Waals surface area contributed by atoms with Gasteiger partial charge in [-0.15, -0.1) is 0 Å². The van der Waals surface area contributed by atoms with Gasteiger partial charge in [0, 0.05) is 5.92 Å². The number of fused-ring (bicyclic) bond motifs is 2. The minimum absolute atomic E-state index is 0.0467. The third kappa shape index (κ3) is 3.55. The smallest absolute Gasteiger partial charge is 0.314 e. The van der Waals surface area contributed by atoms with E-state index in [9.17, 15) is 9.90 Å². The van der Waals surface area contributed by atoms with E-state index in [1.807, 2.05) is 13.8 Å². The third-order valence-corrected chi connectivity index (χ3v) is 6.16. The molecule has 5 atom stereocenters. The molecule has 0 aromatic rings. The fraction of sp³-hybridized carbons (Fsp3) is 0.895. The predicted octanol–water partition coefficient (Wildman–Crippen LogP) is 3.40. The molecule has 5 unspecified atom stereocenters. The van der Waals surface area contributed by atoms with Crippen LogP contribution in [0, 0.1) is 52.3 Å².